The quantitative estimate of drug-likeness (QED) is 0.829. The van der Waals surface area contributed by atoms with Gasteiger partial charge in [0.25, 0.3) is 0 Å². The molecule has 1 aromatic rings. The van der Waals surface area contributed by atoms with Crippen molar-refractivity contribution in [1.82, 2.24) is 0 Å². The Morgan fingerprint density at radius 1 is 1.29 bits per heavy atom. The van der Waals surface area contributed by atoms with Gasteiger partial charge in [0.1, 0.15) is 0 Å². The van der Waals surface area contributed by atoms with Crippen LogP contribution in [0.1, 0.15) is 12.5 Å². The Kier molecular flexibility index (Phi) is 4.34. The van der Waals surface area contributed by atoms with Gasteiger partial charge in [0.2, 0.25) is 5.91 Å². The third-order valence-electron chi connectivity index (χ3n) is 2.40. The third kappa shape index (κ3) is 3.10. The molecular formula is C12H18N2O3. The van der Waals surface area contributed by atoms with E-state index in [9.17, 15) is 4.79 Å². The maximum Gasteiger partial charge on any atom is 0.241 e. The van der Waals surface area contributed by atoms with E-state index in [1.54, 1.807) is 33.3 Å². The van der Waals surface area contributed by atoms with Crippen LogP contribution >= 0.6 is 0 Å². The summed E-state index contributed by atoms with van der Waals surface area (Å²) in [5, 5.41) is 2.74. The number of nitrogens with one attached hydrogen (secondary N) is 1. The van der Waals surface area contributed by atoms with Crippen molar-refractivity contribution in [3.8, 4) is 11.5 Å². The molecule has 94 valence electrons. The number of hydrogen-bond acceptors (Lipinski definition) is 4. The molecule has 0 aromatic heterocycles. The highest BCUT2D eigenvalue weighted by atomic mass is 16.5. The van der Waals surface area contributed by atoms with Crippen molar-refractivity contribution >= 4 is 11.6 Å². The number of benzene rings is 1. The maximum atomic E-state index is 11.5. The average molecular weight is 238 g/mol. The number of methoxy groups -OCH3 is 2. The minimum Gasteiger partial charge on any atom is -0.493 e. The summed E-state index contributed by atoms with van der Waals surface area (Å²) in [5.41, 5.74) is 7.05. The third-order valence-corrected chi connectivity index (χ3v) is 2.40. The van der Waals surface area contributed by atoms with Gasteiger partial charge in [-0.25, -0.2) is 0 Å². The van der Waals surface area contributed by atoms with Gasteiger partial charge < -0.3 is 20.5 Å². The second kappa shape index (κ2) is 5.54. The molecule has 1 amide bonds. The van der Waals surface area contributed by atoms with Gasteiger partial charge in [0, 0.05) is 11.8 Å². The molecule has 0 spiro atoms. The first-order chi connectivity index (χ1) is 7.99. The number of nitrogens with two attached hydrogens (primary N) is 1. The predicted molar refractivity (Wildman–Crippen MR) is 66.6 cm³/mol. The molecule has 0 heterocycles. The van der Waals surface area contributed by atoms with Crippen LogP contribution in [-0.2, 0) is 4.79 Å². The Balaban J connectivity index is 3.04. The summed E-state index contributed by atoms with van der Waals surface area (Å²) in [5.74, 6) is 0.960. The van der Waals surface area contributed by atoms with Crippen molar-refractivity contribution in [2.24, 2.45) is 5.73 Å². The molecule has 0 saturated heterocycles. The highest BCUT2D eigenvalue weighted by molar-refractivity contribution is 5.95. The summed E-state index contributed by atoms with van der Waals surface area (Å²) in [4.78, 5) is 11.5. The van der Waals surface area contributed by atoms with Crippen molar-refractivity contribution < 1.29 is 14.3 Å². The Labute approximate surface area is 101 Å². The van der Waals surface area contributed by atoms with Crippen molar-refractivity contribution in [3.05, 3.63) is 17.7 Å². The lowest BCUT2D eigenvalue weighted by atomic mass is 10.1. The number of hydrogen-bond donors (Lipinski definition) is 2. The Bertz CT molecular complexity index is 416. The van der Waals surface area contributed by atoms with Crippen LogP contribution in [0, 0.1) is 6.92 Å². The summed E-state index contributed by atoms with van der Waals surface area (Å²) in [6.07, 6.45) is 0. The smallest absolute Gasteiger partial charge is 0.241 e. The number of aryl methyl sites for hydroxylation is 1. The monoisotopic (exact) mass is 238 g/mol. The van der Waals surface area contributed by atoms with E-state index < -0.39 is 6.04 Å². The second-order valence-electron chi connectivity index (χ2n) is 3.80. The largest absolute Gasteiger partial charge is 0.493 e. The number of carbonyl (C=O) groups is 1. The van der Waals surface area contributed by atoms with Crippen molar-refractivity contribution in [1.29, 1.82) is 0 Å². The zero-order valence-electron chi connectivity index (χ0n) is 10.5. The second-order valence-corrected chi connectivity index (χ2v) is 3.80. The molecule has 0 unspecified atom stereocenters. The topological polar surface area (TPSA) is 73.6 Å². The van der Waals surface area contributed by atoms with E-state index in [0.717, 1.165) is 5.56 Å². The fourth-order valence-corrected chi connectivity index (χ4v) is 1.36. The lowest BCUT2D eigenvalue weighted by Gasteiger charge is -2.14. The van der Waals surface area contributed by atoms with Crippen LogP contribution in [0.2, 0.25) is 0 Å². The van der Waals surface area contributed by atoms with E-state index in [-0.39, 0.29) is 5.91 Å². The molecule has 0 bridgehead atoms. The van der Waals surface area contributed by atoms with E-state index in [4.69, 9.17) is 15.2 Å². The molecule has 0 radical (unpaired) electrons. The van der Waals surface area contributed by atoms with Crippen LogP contribution in [0.15, 0.2) is 12.1 Å². The summed E-state index contributed by atoms with van der Waals surface area (Å²) >= 11 is 0. The highest BCUT2D eigenvalue weighted by Crippen LogP contribution is 2.32. The number of anilines is 1. The van der Waals surface area contributed by atoms with Crippen LogP contribution < -0.4 is 20.5 Å². The number of ether oxygens (including phenoxy) is 2. The van der Waals surface area contributed by atoms with Gasteiger partial charge in [-0.2, -0.15) is 0 Å². The lowest BCUT2D eigenvalue weighted by molar-refractivity contribution is -0.117. The first-order valence-corrected chi connectivity index (χ1v) is 5.28. The van der Waals surface area contributed by atoms with Crippen LogP contribution in [0.4, 0.5) is 5.69 Å². The molecule has 5 heteroatoms. The Hall–Kier alpha value is -1.75. The lowest BCUT2D eigenvalue weighted by Crippen LogP contribution is -2.32. The van der Waals surface area contributed by atoms with E-state index >= 15 is 0 Å². The average Bonchev–Trinajstić information content (AvgIpc) is 2.30. The minimum absolute atomic E-state index is 0.236. The normalized spacial score (nSPS) is 11.8. The molecule has 17 heavy (non-hydrogen) atoms. The fraction of sp³-hybridized carbons (Fsp3) is 0.417. The molecule has 0 aliphatic heterocycles. The zero-order chi connectivity index (χ0) is 13.0. The van der Waals surface area contributed by atoms with Crippen molar-refractivity contribution in [3.63, 3.8) is 0 Å². The van der Waals surface area contributed by atoms with Gasteiger partial charge in [-0.05, 0) is 25.5 Å². The zero-order valence-corrected chi connectivity index (χ0v) is 10.5. The van der Waals surface area contributed by atoms with Crippen LogP contribution in [0.25, 0.3) is 0 Å². The van der Waals surface area contributed by atoms with Gasteiger partial charge in [-0.15, -0.1) is 0 Å². The molecular weight excluding hydrogens is 220 g/mol. The molecule has 0 aliphatic rings. The summed E-state index contributed by atoms with van der Waals surface area (Å²) in [6, 6.07) is 2.96. The van der Waals surface area contributed by atoms with E-state index in [2.05, 4.69) is 5.32 Å². The summed E-state index contributed by atoms with van der Waals surface area (Å²) in [7, 11) is 3.11. The van der Waals surface area contributed by atoms with Gasteiger partial charge in [0.15, 0.2) is 11.5 Å². The van der Waals surface area contributed by atoms with E-state index in [1.165, 1.54) is 0 Å². The standard InChI is InChI=1S/C12H18N2O3/c1-7-5-10(16-3)11(17-4)6-9(7)14-12(15)8(2)13/h5-6,8H,13H2,1-4H3,(H,14,15)/t8-/m0/s1. The van der Waals surface area contributed by atoms with Gasteiger partial charge in [0.05, 0.1) is 20.3 Å². The Morgan fingerprint density at radius 2 is 1.82 bits per heavy atom. The molecule has 1 rings (SSSR count). The van der Waals surface area contributed by atoms with Gasteiger partial charge in [-0.3, -0.25) is 4.79 Å². The SMILES string of the molecule is COc1cc(C)c(NC(=O)[C@H](C)N)cc1OC. The van der Waals surface area contributed by atoms with Crippen molar-refractivity contribution in [2.45, 2.75) is 19.9 Å². The van der Waals surface area contributed by atoms with Crippen LogP contribution in [-0.4, -0.2) is 26.2 Å². The molecule has 1 atom stereocenters. The Morgan fingerprint density at radius 3 is 2.29 bits per heavy atom. The van der Waals surface area contributed by atoms with E-state index in [1.807, 2.05) is 6.92 Å². The number of amides is 1. The minimum atomic E-state index is -0.553. The maximum absolute atomic E-state index is 11.5. The van der Waals surface area contributed by atoms with E-state index in [0.29, 0.717) is 17.2 Å². The fourth-order valence-electron chi connectivity index (χ4n) is 1.36. The molecule has 0 aliphatic carbocycles. The van der Waals surface area contributed by atoms with Crippen LogP contribution in [0.3, 0.4) is 0 Å². The van der Waals surface area contributed by atoms with Crippen molar-refractivity contribution in [2.75, 3.05) is 19.5 Å². The molecule has 0 fully saturated rings. The molecule has 0 saturated carbocycles. The number of carbonyl (C=O) groups excluding carboxylic acids is 1. The molecule has 5 nitrogen and oxygen atoms in total. The van der Waals surface area contributed by atoms with Gasteiger partial charge >= 0.3 is 0 Å². The summed E-state index contributed by atoms with van der Waals surface area (Å²) in [6.45, 7) is 3.50. The highest BCUT2D eigenvalue weighted by Gasteiger charge is 2.12. The predicted octanol–water partition coefficient (Wildman–Crippen LogP) is 1.30. The van der Waals surface area contributed by atoms with Crippen LogP contribution in [0.5, 0.6) is 11.5 Å². The number of rotatable bonds is 4. The molecule has 1 aromatic carbocycles. The molecule has 3 N–H and O–H groups in total. The summed E-state index contributed by atoms with van der Waals surface area (Å²) < 4.78 is 10.3. The first kappa shape index (κ1) is 13.3. The van der Waals surface area contributed by atoms with Gasteiger partial charge in [-0.1, -0.05) is 0 Å². The first-order valence-electron chi connectivity index (χ1n) is 5.28.